The molecule has 3 heteroatoms. The zero-order valence-corrected chi connectivity index (χ0v) is 9.91. The lowest BCUT2D eigenvalue weighted by Gasteiger charge is -2.39. The Morgan fingerprint density at radius 1 is 1.46 bits per heavy atom. The Kier molecular flexibility index (Phi) is 3.52. The number of hydrogen-bond acceptors (Lipinski definition) is 2. The molecule has 0 amide bonds. The van der Waals surface area contributed by atoms with E-state index in [2.05, 4.69) is 19.2 Å². The average molecular weight is 203 g/mol. The summed E-state index contributed by atoms with van der Waals surface area (Å²) in [7, 11) is 1.28. The van der Waals surface area contributed by atoms with Crippen molar-refractivity contribution in [2.45, 2.75) is 44.4 Å². The van der Waals surface area contributed by atoms with Crippen molar-refractivity contribution in [3.8, 4) is 0 Å². The third kappa shape index (κ3) is 2.78. The van der Waals surface area contributed by atoms with Gasteiger partial charge in [0.15, 0.2) is 0 Å². The van der Waals surface area contributed by atoms with Crippen molar-refractivity contribution in [1.82, 2.24) is 5.32 Å². The molecular weight excluding hydrogens is 182 g/mol. The van der Waals surface area contributed by atoms with Gasteiger partial charge in [0.05, 0.1) is 5.25 Å². The summed E-state index contributed by atoms with van der Waals surface area (Å²) < 4.78 is 11.5. The molecule has 0 aromatic heterocycles. The summed E-state index contributed by atoms with van der Waals surface area (Å²) in [4.78, 5) is 0. The molecule has 0 aliphatic heterocycles. The first-order valence-corrected chi connectivity index (χ1v) is 6.58. The summed E-state index contributed by atoms with van der Waals surface area (Å²) >= 11 is 0. The van der Waals surface area contributed by atoms with Gasteiger partial charge in [0.25, 0.3) is 0 Å². The predicted octanol–water partition coefficient (Wildman–Crippen LogP) is 1.53. The molecule has 13 heavy (non-hydrogen) atoms. The van der Waals surface area contributed by atoms with Crippen LogP contribution in [0.5, 0.6) is 0 Å². The maximum atomic E-state index is 11.5. The highest BCUT2D eigenvalue weighted by molar-refractivity contribution is 7.85. The van der Waals surface area contributed by atoms with Gasteiger partial charge in [-0.1, -0.05) is 13.8 Å². The minimum atomic E-state index is -0.691. The van der Waals surface area contributed by atoms with Gasteiger partial charge in [0.1, 0.15) is 0 Å². The fraction of sp³-hybridized carbons (Fsp3) is 1.00. The maximum Gasteiger partial charge on any atom is 0.0503 e. The highest BCUT2D eigenvalue weighted by atomic mass is 32.2. The van der Waals surface area contributed by atoms with Crippen molar-refractivity contribution in [2.24, 2.45) is 5.41 Å². The van der Waals surface area contributed by atoms with Gasteiger partial charge in [-0.15, -0.1) is 0 Å². The van der Waals surface area contributed by atoms with Crippen LogP contribution in [-0.2, 0) is 10.8 Å². The number of hydrogen-bond donors (Lipinski definition) is 1. The second-order valence-electron chi connectivity index (χ2n) is 4.84. The first kappa shape index (κ1) is 11.2. The Bertz CT molecular complexity index is 203. The Morgan fingerprint density at radius 3 is 2.54 bits per heavy atom. The summed E-state index contributed by atoms with van der Waals surface area (Å²) in [6, 6.07) is 0.457. The summed E-state index contributed by atoms with van der Waals surface area (Å²) in [5, 5.41) is 3.62. The molecule has 2 nitrogen and oxygen atoms in total. The highest BCUT2D eigenvalue weighted by Gasteiger charge is 2.35. The molecule has 1 aliphatic carbocycles. The van der Waals surface area contributed by atoms with Crippen LogP contribution in [0.4, 0.5) is 0 Å². The van der Waals surface area contributed by atoms with Crippen molar-refractivity contribution in [3.05, 3.63) is 0 Å². The standard InChI is InChI=1S/C10H21NOS/c1-10(2)6-5-8(11-3)9(7-10)13(4)12/h8-9,11H,5-7H2,1-4H3. The summed E-state index contributed by atoms with van der Waals surface area (Å²) in [5.41, 5.74) is 0.379. The molecular formula is C10H21NOS. The van der Waals surface area contributed by atoms with Crippen molar-refractivity contribution in [3.63, 3.8) is 0 Å². The van der Waals surface area contributed by atoms with E-state index >= 15 is 0 Å². The van der Waals surface area contributed by atoms with Gasteiger partial charge in [-0.25, -0.2) is 0 Å². The van der Waals surface area contributed by atoms with Gasteiger partial charge in [-0.2, -0.15) is 0 Å². The fourth-order valence-corrected chi connectivity index (χ4v) is 3.62. The number of nitrogens with one attached hydrogen (secondary N) is 1. The zero-order chi connectivity index (χ0) is 10.1. The van der Waals surface area contributed by atoms with E-state index in [1.54, 1.807) is 0 Å². The Balaban J connectivity index is 2.69. The highest BCUT2D eigenvalue weighted by Crippen LogP contribution is 2.37. The summed E-state index contributed by atoms with van der Waals surface area (Å²) in [6.07, 6.45) is 5.32. The smallest absolute Gasteiger partial charge is 0.0503 e. The molecule has 1 fully saturated rings. The van der Waals surface area contributed by atoms with E-state index in [4.69, 9.17) is 0 Å². The van der Waals surface area contributed by atoms with Crippen LogP contribution in [0.1, 0.15) is 33.1 Å². The molecule has 1 saturated carbocycles. The Labute approximate surface area is 83.9 Å². The second-order valence-corrected chi connectivity index (χ2v) is 6.44. The number of rotatable bonds is 2. The van der Waals surface area contributed by atoms with E-state index < -0.39 is 10.8 Å². The quantitative estimate of drug-likeness (QED) is 0.737. The van der Waals surface area contributed by atoms with E-state index in [0.29, 0.717) is 16.7 Å². The van der Waals surface area contributed by atoms with Gasteiger partial charge >= 0.3 is 0 Å². The summed E-state index contributed by atoms with van der Waals surface area (Å²) in [5.74, 6) is 0. The first-order chi connectivity index (χ1) is 5.96. The van der Waals surface area contributed by atoms with Crippen LogP contribution >= 0.6 is 0 Å². The molecule has 3 unspecified atom stereocenters. The molecule has 1 N–H and O–H groups in total. The molecule has 0 saturated heterocycles. The first-order valence-electron chi connectivity index (χ1n) is 4.96. The Morgan fingerprint density at radius 2 is 2.08 bits per heavy atom. The van der Waals surface area contributed by atoms with Gasteiger partial charge in [0, 0.05) is 23.1 Å². The van der Waals surface area contributed by atoms with E-state index in [-0.39, 0.29) is 0 Å². The molecule has 0 aromatic rings. The van der Waals surface area contributed by atoms with Gasteiger partial charge in [-0.3, -0.25) is 4.21 Å². The van der Waals surface area contributed by atoms with Crippen LogP contribution in [0.2, 0.25) is 0 Å². The van der Waals surface area contributed by atoms with Crippen molar-refractivity contribution in [2.75, 3.05) is 13.3 Å². The normalized spacial score (nSPS) is 35.7. The third-order valence-corrected chi connectivity index (χ3v) is 4.48. The van der Waals surface area contributed by atoms with E-state index in [9.17, 15) is 4.21 Å². The fourth-order valence-electron chi connectivity index (χ4n) is 2.20. The van der Waals surface area contributed by atoms with Crippen LogP contribution in [0.25, 0.3) is 0 Å². The minimum Gasteiger partial charge on any atom is -0.316 e. The molecule has 0 spiro atoms. The molecule has 3 atom stereocenters. The van der Waals surface area contributed by atoms with Crippen LogP contribution in [0.15, 0.2) is 0 Å². The van der Waals surface area contributed by atoms with Crippen molar-refractivity contribution < 1.29 is 4.21 Å². The average Bonchev–Trinajstić information content (AvgIpc) is 2.03. The molecule has 0 heterocycles. The van der Waals surface area contributed by atoms with Crippen molar-refractivity contribution in [1.29, 1.82) is 0 Å². The SMILES string of the molecule is CNC1CCC(C)(C)CC1S(C)=O. The summed E-state index contributed by atoms with van der Waals surface area (Å²) in [6.45, 7) is 4.55. The van der Waals surface area contributed by atoms with Crippen LogP contribution < -0.4 is 5.32 Å². The minimum absolute atomic E-state index is 0.341. The van der Waals surface area contributed by atoms with Crippen molar-refractivity contribution >= 4 is 10.8 Å². The topological polar surface area (TPSA) is 29.1 Å². The molecule has 0 radical (unpaired) electrons. The monoisotopic (exact) mass is 203 g/mol. The predicted molar refractivity (Wildman–Crippen MR) is 58.3 cm³/mol. The van der Waals surface area contributed by atoms with Gasteiger partial charge in [0.2, 0.25) is 0 Å². The molecule has 0 aromatic carbocycles. The van der Waals surface area contributed by atoms with Crippen LogP contribution in [-0.4, -0.2) is 28.8 Å². The molecule has 78 valence electrons. The van der Waals surface area contributed by atoms with Gasteiger partial charge in [-0.05, 0) is 31.7 Å². The molecule has 1 aliphatic rings. The second kappa shape index (κ2) is 4.09. The van der Waals surface area contributed by atoms with E-state index in [1.807, 2.05) is 13.3 Å². The molecule has 1 rings (SSSR count). The maximum absolute atomic E-state index is 11.5. The lowest BCUT2D eigenvalue weighted by atomic mass is 9.75. The zero-order valence-electron chi connectivity index (χ0n) is 9.09. The third-order valence-electron chi connectivity index (χ3n) is 3.13. The lowest BCUT2D eigenvalue weighted by molar-refractivity contribution is 0.216. The van der Waals surface area contributed by atoms with E-state index in [1.165, 1.54) is 6.42 Å². The van der Waals surface area contributed by atoms with Crippen LogP contribution in [0.3, 0.4) is 0 Å². The Hall–Kier alpha value is 0.110. The largest absolute Gasteiger partial charge is 0.316 e. The van der Waals surface area contributed by atoms with Crippen LogP contribution in [0, 0.1) is 5.41 Å². The lowest BCUT2D eigenvalue weighted by Crippen LogP contribution is -2.46. The van der Waals surface area contributed by atoms with E-state index in [0.717, 1.165) is 12.8 Å². The van der Waals surface area contributed by atoms with Gasteiger partial charge < -0.3 is 5.32 Å². The molecule has 0 bridgehead atoms.